The van der Waals surface area contributed by atoms with Gasteiger partial charge >= 0.3 is 11.9 Å². The van der Waals surface area contributed by atoms with E-state index < -0.39 is 5.60 Å². The molecule has 4 aliphatic rings. The molecule has 3 aliphatic carbocycles. The summed E-state index contributed by atoms with van der Waals surface area (Å²) in [5, 5.41) is 12.5. The summed E-state index contributed by atoms with van der Waals surface area (Å²) in [7, 11) is 0. The molecule has 36 heavy (non-hydrogen) atoms. The van der Waals surface area contributed by atoms with Crippen LogP contribution in [0.2, 0.25) is 0 Å². The molecule has 0 radical (unpaired) electrons. The molecule has 3 saturated carbocycles. The Kier molecular flexibility index (Phi) is 8.29. The Labute approximate surface area is 218 Å². The average molecular weight is 503 g/mol. The van der Waals surface area contributed by atoms with E-state index in [-0.39, 0.29) is 40.7 Å². The van der Waals surface area contributed by atoms with Crippen LogP contribution in [0.4, 0.5) is 0 Å². The fraction of sp³-hybridized carbons (Fsp3) is 0.871. The molecule has 8 atom stereocenters. The van der Waals surface area contributed by atoms with Gasteiger partial charge < -0.3 is 14.6 Å². The first-order chi connectivity index (χ1) is 17.0. The van der Waals surface area contributed by atoms with Crippen LogP contribution in [0.5, 0.6) is 0 Å². The predicted molar refractivity (Wildman–Crippen MR) is 141 cm³/mol. The number of hydrogen-bond acceptors (Lipinski definition) is 5. The van der Waals surface area contributed by atoms with Crippen molar-refractivity contribution in [3.8, 4) is 0 Å². The highest BCUT2D eigenvalue weighted by atomic mass is 16.5. The first kappa shape index (κ1) is 27.7. The van der Waals surface area contributed by atoms with Gasteiger partial charge in [-0.15, -0.1) is 0 Å². The minimum absolute atomic E-state index is 0.00874. The molecular weight excluding hydrogens is 452 g/mol. The molecular formula is C31H50O5. The molecule has 0 amide bonds. The highest BCUT2D eigenvalue weighted by molar-refractivity contribution is 5.85. The fourth-order valence-corrected chi connectivity index (χ4v) is 9.29. The van der Waals surface area contributed by atoms with Gasteiger partial charge in [0, 0.05) is 24.3 Å². The number of esters is 2. The third kappa shape index (κ3) is 5.02. The lowest BCUT2D eigenvalue weighted by Gasteiger charge is -2.66. The predicted octanol–water partition coefficient (Wildman–Crippen LogP) is 6.76. The number of cyclic esters (lactones) is 1. The molecule has 0 aromatic carbocycles. The van der Waals surface area contributed by atoms with Crippen LogP contribution in [0, 0.1) is 34.5 Å². The first-order valence-corrected chi connectivity index (χ1v) is 14.8. The molecule has 4 rings (SSSR count). The Hall–Kier alpha value is -1.36. The quantitative estimate of drug-likeness (QED) is 0.278. The molecule has 5 heteroatoms. The van der Waals surface area contributed by atoms with Crippen molar-refractivity contribution in [2.45, 2.75) is 130 Å². The summed E-state index contributed by atoms with van der Waals surface area (Å²) in [6, 6.07) is 0. The van der Waals surface area contributed by atoms with Gasteiger partial charge in [-0.25, -0.2) is 4.79 Å². The topological polar surface area (TPSA) is 72.8 Å². The van der Waals surface area contributed by atoms with Crippen LogP contribution in [0.25, 0.3) is 0 Å². The minimum Gasteiger partial charge on any atom is -0.462 e. The van der Waals surface area contributed by atoms with Crippen LogP contribution in [0.1, 0.15) is 118 Å². The van der Waals surface area contributed by atoms with Crippen molar-refractivity contribution in [3.05, 3.63) is 11.6 Å². The Balaban J connectivity index is 1.63. The van der Waals surface area contributed by atoms with Crippen molar-refractivity contribution in [1.82, 2.24) is 0 Å². The van der Waals surface area contributed by atoms with Crippen LogP contribution in [-0.4, -0.2) is 35.4 Å². The van der Waals surface area contributed by atoms with Crippen LogP contribution in [0.15, 0.2) is 11.6 Å². The maximum atomic E-state index is 12.5. The Bertz CT molecular complexity index is 850. The molecule has 0 aromatic heterocycles. The molecule has 0 aromatic rings. The second-order valence-corrected chi connectivity index (χ2v) is 13.2. The third-order valence-corrected chi connectivity index (χ3v) is 11.1. The van der Waals surface area contributed by atoms with Gasteiger partial charge in [0.2, 0.25) is 0 Å². The zero-order valence-electron chi connectivity index (χ0n) is 23.4. The SMILES string of the molecule is CCCCCC1CCC(C2(C)CCCC3(C)C2C(OC(C)=O)CC(C)C3(O)CCC2=CC(=O)OC2)C1. The molecule has 0 spiro atoms. The second kappa shape index (κ2) is 10.8. The summed E-state index contributed by atoms with van der Waals surface area (Å²) in [6.45, 7) is 11.0. The van der Waals surface area contributed by atoms with E-state index in [1.165, 1.54) is 51.9 Å². The van der Waals surface area contributed by atoms with Crippen molar-refractivity contribution >= 4 is 11.9 Å². The molecule has 1 heterocycles. The van der Waals surface area contributed by atoms with E-state index in [0.29, 0.717) is 31.8 Å². The Morgan fingerprint density at radius 2 is 1.97 bits per heavy atom. The van der Waals surface area contributed by atoms with Crippen LogP contribution in [-0.2, 0) is 19.1 Å². The van der Waals surface area contributed by atoms with Crippen molar-refractivity contribution in [1.29, 1.82) is 0 Å². The van der Waals surface area contributed by atoms with Crippen LogP contribution < -0.4 is 0 Å². The molecule has 1 aliphatic heterocycles. The second-order valence-electron chi connectivity index (χ2n) is 13.2. The summed E-state index contributed by atoms with van der Waals surface area (Å²) >= 11 is 0. The van der Waals surface area contributed by atoms with Gasteiger partial charge in [0.25, 0.3) is 0 Å². The van der Waals surface area contributed by atoms with Crippen LogP contribution in [0.3, 0.4) is 0 Å². The van der Waals surface area contributed by atoms with Crippen molar-refractivity contribution in [2.24, 2.45) is 34.5 Å². The van der Waals surface area contributed by atoms with Crippen LogP contribution >= 0.6 is 0 Å². The van der Waals surface area contributed by atoms with E-state index in [2.05, 4.69) is 27.7 Å². The number of fused-ring (bicyclic) bond motifs is 1. The average Bonchev–Trinajstić information content (AvgIpc) is 3.45. The van der Waals surface area contributed by atoms with E-state index in [1.807, 2.05) is 0 Å². The summed E-state index contributed by atoms with van der Waals surface area (Å²) in [5.41, 5.74) is -0.192. The maximum absolute atomic E-state index is 12.5. The highest BCUT2D eigenvalue weighted by Gasteiger charge is 2.67. The third-order valence-electron chi connectivity index (χ3n) is 11.1. The van der Waals surface area contributed by atoms with E-state index in [9.17, 15) is 14.7 Å². The molecule has 8 unspecified atom stereocenters. The summed E-state index contributed by atoms with van der Waals surface area (Å²) in [5.74, 6) is 1.10. The number of rotatable bonds is 9. The summed E-state index contributed by atoms with van der Waals surface area (Å²) < 4.78 is 11.2. The summed E-state index contributed by atoms with van der Waals surface area (Å²) in [6.07, 6.45) is 15.8. The number of carbonyl (C=O) groups excluding carboxylic acids is 2. The van der Waals surface area contributed by atoms with Crippen molar-refractivity contribution in [3.63, 3.8) is 0 Å². The standard InChI is InChI=1S/C31H50O5/c1-6-7-8-10-23-11-12-25(18-23)29(4)14-9-15-30(5)28(29)26(36-22(3)32)17-21(2)31(30,34)16-13-24-19-27(33)35-20-24/h19,21,23,25-26,28,34H,6-18,20H2,1-5H3. The van der Waals surface area contributed by atoms with Gasteiger partial charge in [0.15, 0.2) is 0 Å². The number of hydrogen-bond donors (Lipinski definition) is 1. The van der Waals surface area contributed by atoms with E-state index in [4.69, 9.17) is 9.47 Å². The van der Waals surface area contributed by atoms with Crippen molar-refractivity contribution in [2.75, 3.05) is 6.61 Å². The lowest BCUT2D eigenvalue weighted by atomic mass is 9.41. The number of carbonyl (C=O) groups is 2. The lowest BCUT2D eigenvalue weighted by Crippen LogP contribution is -2.68. The monoisotopic (exact) mass is 502 g/mol. The normalized spacial score (nSPS) is 42.6. The van der Waals surface area contributed by atoms with E-state index >= 15 is 0 Å². The molecule has 0 bridgehead atoms. The zero-order valence-corrected chi connectivity index (χ0v) is 23.4. The molecule has 204 valence electrons. The number of aliphatic hydroxyl groups is 1. The van der Waals surface area contributed by atoms with Gasteiger partial charge in [-0.1, -0.05) is 66.2 Å². The van der Waals surface area contributed by atoms with Gasteiger partial charge in [-0.2, -0.15) is 0 Å². The molecule has 5 nitrogen and oxygen atoms in total. The Morgan fingerprint density at radius 3 is 2.64 bits per heavy atom. The largest absolute Gasteiger partial charge is 0.462 e. The smallest absolute Gasteiger partial charge is 0.331 e. The molecule has 0 saturated heterocycles. The minimum atomic E-state index is -0.873. The molecule has 3 fully saturated rings. The summed E-state index contributed by atoms with van der Waals surface area (Å²) in [4.78, 5) is 23.9. The first-order valence-electron chi connectivity index (χ1n) is 14.8. The van der Waals surface area contributed by atoms with Gasteiger partial charge in [0.1, 0.15) is 12.7 Å². The van der Waals surface area contributed by atoms with E-state index in [0.717, 1.165) is 30.8 Å². The maximum Gasteiger partial charge on any atom is 0.331 e. The van der Waals surface area contributed by atoms with Crippen molar-refractivity contribution < 1.29 is 24.2 Å². The zero-order chi connectivity index (χ0) is 26.1. The molecule has 1 N–H and O–H groups in total. The fourth-order valence-electron chi connectivity index (χ4n) is 9.29. The highest BCUT2D eigenvalue weighted by Crippen LogP contribution is 2.68. The number of ether oxygens (including phenoxy) is 2. The number of unbranched alkanes of at least 4 members (excludes halogenated alkanes) is 2. The van der Waals surface area contributed by atoms with E-state index in [1.54, 1.807) is 6.08 Å². The van der Waals surface area contributed by atoms with Gasteiger partial charge in [0.05, 0.1) is 5.60 Å². The van der Waals surface area contributed by atoms with Gasteiger partial charge in [-0.3, -0.25) is 4.79 Å². The lowest BCUT2D eigenvalue weighted by molar-refractivity contribution is -0.259. The van der Waals surface area contributed by atoms with Gasteiger partial charge in [-0.05, 0) is 73.7 Å². The Morgan fingerprint density at radius 1 is 1.19 bits per heavy atom.